The van der Waals surface area contributed by atoms with Gasteiger partial charge in [0.15, 0.2) is 0 Å². The first-order valence-corrected chi connectivity index (χ1v) is 8.10. The lowest BCUT2D eigenvalue weighted by Gasteiger charge is -2.27. The second kappa shape index (κ2) is 9.45. The van der Waals surface area contributed by atoms with E-state index in [1.54, 1.807) is 0 Å². The monoisotopic (exact) mass is 347 g/mol. The van der Waals surface area contributed by atoms with Crippen molar-refractivity contribution in [2.45, 2.75) is 26.7 Å². The molecule has 0 spiro atoms. The molecule has 0 aliphatic carbocycles. The summed E-state index contributed by atoms with van der Waals surface area (Å²) in [6.45, 7) is 4.63. The number of ether oxygens (including phenoxy) is 1. The van der Waals surface area contributed by atoms with Crippen molar-refractivity contribution in [1.29, 1.82) is 0 Å². The summed E-state index contributed by atoms with van der Waals surface area (Å²) < 4.78 is 5.23. The summed E-state index contributed by atoms with van der Waals surface area (Å²) in [7, 11) is 0. The van der Waals surface area contributed by atoms with Crippen LogP contribution in [0.5, 0.6) is 0 Å². The Hall–Kier alpha value is -1.84. The quantitative estimate of drug-likeness (QED) is 0.762. The molecule has 0 heterocycles. The molecule has 0 fully saturated rings. The summed E-state index contributed by atoms with van der Waals surface area (Å²) in [5, 5.41) is 0. The number of halogens is 1. The Morgan fingerprint density at radius 1 is 1.04 bits per heavy atom. The number of rotatable bonds is 7. The van der Waals surface area contributed by atoms with Crippen LogP contribution in [0.2, 0.25) is 0 Å². The van der Waals surface area contributed by atoms with Crippen LogP contribution >= 0.6 is 12.4 Å². The third-order valence-electron chi connectivity index (χ3n) is 4.12. The largest absolute Gasteiger partial charge is 0.466 e. The molecule has 0 aliphatic heterocycles. The molecule has 3 nitrogen and oxygen atoms in total. The SMILES string of the molecule is CCOC(=O)C(C)(CCN)Cc1ccc(-c2ccccc2)cc1.Cl. The molecule has 0 amide bonds. The molecule has 0 aliphatic rings. The van der Waals surface area contributed by atoms with Crippen molar-refractivity contribution in [3.63, 3.8) is 0 Å². The zero-order chi connectivity index (χ0) is 16.7. The van der Waals surface area contributed by atoms with E-state index in [2.05, 4.69) is 36.4 Å². The fraction of sp³-hybridized carbons (Fsp3) is 0.350. The van der Waals surface area contributed by atoms with E-state index in [1.807, 2.05) is 32.0 Å². The van der Waals surface area contributed by atoms with Crippen LogP contribution < -0.4 is 5.73 Å². The fourth-order valence-corrected chi connectivity index (χ4v) is 2.78. The van der Waals surface area contributed by atoms with Crippen molar-refractivity contribution in [3.8, 4) is 11.1 Å². The molecule has 2 N–H and O–H groups in total. The van der Waals surface area contributed by atoms with Crippen molar-refractivity contribution in [3.05, 3.63) is 60.2 Å². The number of benzene rings is 2. The van der Waals surface area contributed by atoms with Gasteiger partial charge in [-0.3, -0.25) is 4.79 Å². The van der Waals surface area contributed by atoms with Crippen LogP contribution in [0.15, 0.2) is 54.6 Å². The Morgan fingerprint density at radius 2 is 1.62 bits per heavy atom. The molecule has 24 heavy (non-hydrogen) atoms. The van der Waals surface area contributed by atoms with Crippen LogP contribution in [0.25, 0.3) is 11.1 Å². The Balaban J connectivity index is 0.00000288. The average molecular weight is 348 g/mol. The molecule has 0 radical (unpaired) electrons. The van der Waals surface area contributed by atoms with Gasteiger partial charge in [0.1, 0.15) is 0 Å². The van der Waals surface area contributed by atoms with E-state index in [1.165, 1.54) is 11.1 Å². The van der Waals surface area contributed by atoms with E-state index < -0.39 is 5.41 Å². The molecule has 2 aromatic rings. The first-order valence-electron chi connectivity index (χ1n) is 8.10. The summed E-state index contributed by atoms with van der Waals surface area (Å²) in [6, 6.07) is 18.6. The first-order chi connectivity index (χ1) is 11.1. The van der Waals surface area contributed by atoms with E-state index in [4.69, 9.17) is 10.5 Å². The molecule has 4 heteroatoms. The Morgan fingerprint density at radius 3 is 2.17 bits per heavy atom. The van der Waals surface area contributed by atoms with Crippen LogP contribution in [0, 0.1) is 5.41 Å². The number of hydrogen-bond acceptors (Lipinski definition) is 3. The number of carbonyl (C=O) groups excluding carboxylic acids is 1. The van der Waals surface area contributed by atoms with Gasteiger partial charge in [0.05, 0.1) is 12.0 Å². The average Bonchev–Trinajstić information content (AvgIpc) is 2.57. The predicted molar refractivity (Wildman–Crippen MR) is 101 cm³/mol. The summed E-state index contributed by atoms with van der Waals surface area (Å²) in [5.41, 5.74) is 8.60. The van der Waals surface area contributed by atoms with Gasteiger partial charge in [-0.25, -0.2) is 0 Å². The molecule has 0 saturated heterocycles. The zero-order valence-electron chi connectivity index (χ0n) is 14.3. The van der Waals surface area contributed by atoms with E-state index in [9.17, 15) is 4.79 Å². The zero-order valence-corrected chi connectivity index (χ0v) is 15.1. The van der Waals surface area contributed by atoms with Crippen molar-refractivity contribution >= 4 is 18.4 Å². The van der Waals surface area contributed by atoms with Gasteiger partial charge in [0.2, 0.25) is 0 Å². The standard InChI is InChI=1S/C20H25NO2.ClH/c1-3-23-19(22)20(2,13-14-21)15-16-9-11-18(12-10-16)17-7-5-4-6-8-17;/h4-12H,3,13-15,21H2,1-2H3;1H. The minimum atomic E-state index is -0.570. The minimum absolute atomic E-state index is 0. The lowest BCUT2D eigenvalue weighted by molar-refractivity contribution is -0.154. The topological polar surface area (TPSA) is 52.3 Å². The van der Waals surface area contributed by atoms with Gasteiger partial charge in [0, 0.05) is 0 Å². The molecule has 0 aromatic heterocycles. The Bertz CT molecular complexity index is 628. The van der Waals surface area contributed by atoms with Crippen molar-refractivity contribution in [2.75, 3.05) is 13.2 Å². The Labute approximate surface area is 150 Å². The normalized spacial score (nSPS) is 12.8. The van der Waals surface area contributed by atoms with Gasteiger partial charge < -0.3 is 10.5 Å². The highest BCUT2D eigenvalue weighted by molar-refractivity contribution is 5.85. The second-order valence-electron chi connectivity index (χ2n) is 6.06. The first kappa shape index (κ1) is 20.2. The maximum absolute atomic E-state index is 12.3. The van der Waals surface area contributed by atoms with Gasteiger partial charge in [0.25, 0.3) is 0 Å². The smallest absolute Gasteiger partial charge is 0.312 e. The molecular weight excluding hydrogens is 322 g/mol. The van der Waals surface area contributed by atoms with Crippen LogP contribution in [-0.2, 0) is 16.0 Å². The van der Waals surface area contributed by atoms with Crippen LogP contribution in [0.1, 0.15) is 25.8 Å². The summed E-state index contributed by atoms with van der Waals surface area (Å²) in [6.07, 6.45) is 1.25. The number of esters is 1. The molecule has 130 valence electrons. The van der Waals surface area contributed by atoms with Crippen molar-refractivity contribution < 1.29 is 9.53 Å². The number of nitrogens with two attached hydrogens (primary N) is 1. The van der Waals surface area contributed by atoms with Gasteiger partial charge >= 0.3 is 5.97 Å². The lowest BCUT2D eigenvalue weighted by Crippen LogP contribution is -2.34. The molecule has 0 bridgehead atoms. The highest BCUT2D eigenvalue weighted by Crippen LogP contribution is 2.29. The summed E-state index contributed by atoms with van der Waals surface area (Å²) >= 11 is 0. The van der Waals surface area contributed by atoms with Gasteiger partial charge in [-0.2, -0.15) is 0 Å². The van der Waals surface area contributed by atoms with Gasteiger partial charge in [-0.1, -0.05) is 54.6 Å². The van der Waals surface area contributed by atoms with Crippen LogP contribution in [-0.4, -0.2) is 19.1 Å². The highest BCUT2D eigenvalue weighted by Gasteiger charge is 2.34. The van der Waals surface area contributed by atoms with Crippen LogP contribution in [0.4, 0.5) is 0 Å². The molecule has 0 saturated carbocycles. The third kappa shape index (κ3) is 5.08. The maximum Gasteiger partial charge on any atom is 0.312 e. The summed E-state index contributed by atoms with van der Waals surface area (Å²) in [4.78, 5) is 12.3. The van der Waals surface area contributed by atoms with E-state index in [0.717, 1.165) is 5.56 Å². The van der Waals surface area contributed by atoms with E-state index in [-0.39, 0.29) is 18.4 Å². The predicted octanol–water partition coefficient (Wildman–Crippen LogP) is 4.24. The highest BCUT2D eigenvalue weighted by atomic mass is 35.5. The molecule has 1 atom stereocenters. The molecular formula is C20H26ClNO2. The van der Waals surface area contributed by atoms with Crippen molar-refractivity contribution in [1.82, 2.24) is 0 Å². The Kier molecular flexibility index (Phi) is 7.96. The summed E-state index contributed by atoms with van der Waals surface area (Å²) in [5.74, 6) is -0.169. The minimum Gasteiger partial charge on any atom is -0.466 e. The number of hydrogen-bond donors (Lipinski definition) is 1. The second-order valence-corrected chi connectivity index (χ2v) is 6.06. The van der Waals surface area contributed by atoms with Gasteiger partial charge in [-0.15, -0.1) is 12.4 Å². The number of carbonyl (C=O) groups is 1. The molecule has 2 aromatic carbocycles. The van der Waals surface area contributed by atoms with E-state index >= 15 is 0 Å². The maximum atomic E-state index is 12.3. The fourth-order valence-electron chi connectivity index (χ4n) is 2.78. The third-order valence-corrected chi connectivity index (χ3v) is 4.12. The lowest BCUT2D eigenvalue weighted by atomic mass is 9.80. The molecule has 2 rings (SSSR count). The van der Waals surface area contributed by atoms with E-state index in [0.29, 0.717) is 26.0 Å². The van der Waals surface area contributed by atoms with Crippen LogP contribution in [0.3, 0.4) is 0 Å². The molecule has 1 unspecified atom stereocenters. The van der Waals surface area contributed by atoms with Crippen molar-refractivity contribution in [2.24, 2.45) is 11.1 Å². The van der Waals surface area contributed by atoms with Gasteiger partial charge in [-0.05, 0) is 49.9 Å².